The molecule has 0 amide bonds. The average molecular weight is 357 g/mol. The van der Waals surface area contributed by atoms with E-state index in [4.69, 9.17) is 0 Å². The van der Waals surface area contributed by atoms with Gasteiger partial charge in [-0.3, -0.25) is 9.67 Å². The van der Waals surface area contributed by atoms with Crippen molar-refractivity contribution in [2.45, 2.75) is 6.10 Å². The van der Waals surface area contributed by atoms with Gasteiger partial charge in [-0.2, -0.15) is 10.2 Å². The molecule has 5 aromatic heterocycles. The van der Waals surface area contributed by atoms with E-state index < -0.39 is 6.10 Å². The van der Waals surface area contributed by atoms with E-state index in [1.165, 1.54) is 0 Å². The van der Waals surface area contributed by atoms with Crippen LogP contribution in [0.2, 0.25) is 0 Å². The zero-order valence-electron chi connectivity index (χ0n) is 14.4. The molecule has 0 radical (unpaired) electrons. The van der Waals surface area contributed by atoms with Gasteiger partial charge in [-0.05, 0) is 36.4 Å². The molecule has 8 heteroatoms. The minimum Gasteiger partial charge on any atom is -0.380 e. The number of hydrogen-bond donors (Lipinski definition) is 1. The molecule has 0 bridgehead atoms. The SMILES string of the molecule is Cn1cc(-c2ccc3ncc(C(O)c4ccc5ncccc5n4)n3n2)cn1. The highest BCUT2D eigenvalue weighted by Gasteiger charge is 2.19. The van der Waals surface area contributed by atoms with Crippen molar-refractivity contribution in [3.05, 3.63) is 72.6 Å². The number of imidazole rings is 1. The van der Waals surface area contributed by atoms with Gasteiger partial charge in [0.25, 0.3) is 0 Å². The Bertz CT molecular complexity index is 1270. The summed E-state index contributed by atoms with van der Waals surface area (Å²) in [7, 11) is 1.86. The molecule has 27 heavy (non-hydrogen) atoms. The molecule has 0 spiro atoms. The topological polar surface area (TPSA) is 94.0 Å². The number of aromatic nitrogens is 7. The van der Waals surface area contributed by atoms with Crippen molar-refractivity contribution < 1.29 is 5.11 Å². The van der Waals surface area contributed by atoms with Crippen molar-refractivity contribution in [1.29, 1.82) is 0 Å². The van der Waals surface area contributed by atoms with Gasteiger partial charge in [-0.25, -0.2) is 14.5 Å². The number of aliphatic hydroxyl groups is 1. The van der Waals surface area contributed by atoms with Crippen molar-refractivity contribution in [2.24, 2.45) is 7.05 Å². The third-order valence-electron chi connectivity index (χ3n) is 4.43. The second-order valence-electron chi connectivity index (χ2n) is 6.25. The summed E-state index contributed by atoms with van der Waals surface area (Å²) in [4.78, 5) is 13.1. The summed E-state index contributed by atoms with van der Waals surface area (Å²) in [6.45, 7) is 0. The summed E-state index contributed by atoms with van der Waals surface area (Å²) >= 11 is 0. The molecule has 0 aromatic carbocycles. The second-order valence-corrected chi connectivity index (χ2v) is 6.25. The molecule has 0 aliphatic heterocycles. The molecular formula is C19H15N7O. The molecular weight excluding hydrogens is 342 g/mol. The van der Waals surface area contributed by atoms with E-state index in [-0.39, 0.29) is 0 Å². The number of aliphatic hydroxyl groups excluding tert-OH is 1. The van der Waals surface area contributed by atoms with Gasteiger partial charge in [0.15, 0.2) is 5.65 Å². The Morgan fingerprint density at radius 2 is 1.93 bits per heavy atom. The van der Waals surface area contributed by atoms with Gasteiger partial charge in [-0.1, -0.05) is 0 Å². The maximum atomic E-state index is 10.9. The van der Waals surface area contributed by atoms with Gasteiger partial charge >= 0.3 is 0 Å². The van der Waals surface area contributed by atoms with E-state index >= 15 is 0 Å². The first-order chi connectivity index (χ1) is 13.2. The second kappa shape index (κ2) is 5.96. The van der Waals surface area contributed by atoms with Crippen LogP contribution in [0.15, 0.2) is 61.2 Å². The smallest absolute Gasteiger partial charge is 0.153 e. The van der Waals surface area contributed by atoms with Crippen LogP contribution in [0.5, 0.6) is 0 Å². The van der Waals surface area contributed by atoms with Crippen molar-refractivity contribution in [2.75, 3.05) is 0 Å². The van der Waals surface area contributed by atoms with Crippen molar-refractivity contribution in [1.82, 2.24) is 34.3 Å². The molecule has 5 rings (SSSR count). The number of aryl methyl sites for hydroxylation is 1. The Kier molecular flexibility index (Phi) is 3.44. The lowest BCUT2D eigenvalue weighted by Crippen LogP contribution is -2.08. The molecule has 0 saturated carbocycles. The first-order valence-electron chi connectivity index (χ1n) is 8.42. The van der Waals surface area contributed by atoms with Crippen LogP contribution < -0.4 is 0 Å². The van der Waals surface area contributed by atoms with Gasteiger partial charge in [0.05, 0.1) is 40.5 Å². The van der Waals surface area contributed by atoms with E-state index in [2.05, 4.69) is 25.1 Å². The van der Waals surface area contributed by atoms with E-state index in [1.54, 1.807) is 33.9 Å². The zero-order chi connectivity index (χ0) is 18.4. The lowest BCUT2D eigenvalue weighted by atomic mass is 10.1. The van der Waals surface area contributed by atoms with Crippen LogP contribution in [-0.4, -0.2) is 39.5 Å². The average Bonchev–Trinajstić information content (AvgIpc) is 3.32. The van der Waals surface area contributed by atoms with E-state index in [0.29, 0.717) is 17.0 Å². The number of hydrogen-bond acceptors (Lipinski definition) is 6. The predicted octanol–water partition coefficient (Wildman–Crippen LogP) is 2.15. The molecule has 1 unspecified atom stereocenters. The van der Waals surface area contributed by atoms with Gasteiger partial charge in [0.1, 0.15) is 6.10 Å². The third-order valence-corrected chi connectivity index (χ3v) is 4.43. The monoisotopic (exact) mass is 357 g/mol. The summed E-state index contributed by atoms with van der Waals surface area (Å²) in [5.74, 6) is 0. The first kappa shape index (κ1) is 15.6. The highest BCUT2D eigenvalue weighted by molar-refractivity contribution is 5.73. The van der Waals surface area contributed by atoms with Crippen LogP contribution in [-0.2, 0) is 7.05 Å². The maximum Gasteiger partial charge on any atom is 0.153 e. The van der Waals surface area contributed by atoms with E-state index in [0.717, 1.165) is 22.3 Å². The van der Waals surface area contributed by atoms with Crippen molar-refractivity contribution in [3.8, 4) is 11.3 Å². The number of fused-ring (bicyclic) bond motifs is 2. The maximum absolute atomic E-state index is 10.9. The van der Waals surface area contributed by atoms with Gasteiger partial charge in [0, 0.05) is 25.0 Å². The lowest BCUT2D eigenvalue weighted by molar-refractivity contribution is 0.208. The van der Waals surface area contributed by atoms with Gasteiger partial charge < -0.3 is 5.11 Å². The quantitative estimate of drug-likeness (QED) is 0.532. The van der Waals surface area contributed by atoms with Crippen LogP contribution in [0.4, 0.5) is 0 Å². The van der Waals surface area contributed by atoms with Crippen LogP contribution >= 0.6 is 0 Å². The largest absolute Gasteiger partial charge is 0.380 e. The molecule has 0 aliphatic carbocycles. The molecule has 1 atom stereocenters. The zero-order valence-corrected chi connectivity index (χ0v) is 14.4. The van der Waals surface area contributed by atoms with Gasteiger partial charge in [-0.15, -0.1) is 0 Å². The van der Waals surface area contributed by atoms with Gasteiger partial charge in [0.2, 0.25) is 0 Å². The molecule has 0 fully saturated rings. The first-order valence-corrected chi connectivity index (χ1v) is 8.42. The fourth-order valence-corrected chi connectivity index (χ4v) is 3.06. The van der Waals surface area contributed by atoms with Crippen molar-refractivity contribution >= 4 is 16.7 Å². The minimum atomic E-state index is -0.957. The van der Waals surface area contributed by atoms with Crippen LogP contribution in [0.25, 0.3) is 27.9 Å². The van der Waals surface area contributed by atoms with E-state index in [9.17, 15) is 5.11 Å². The molecule has 1 N–H and O–H groups in total. The molecule has 0 aliphatic rings. The fourth-order valence-electron chi connectivity index (χ4n) is 3.06. The van der Waals surface area contributed by atoms with Crippen LogP contribution in [0.3, 0.4) is 0 Å². The summed E-state index contributed by atoms with van der Waals surface area (Å²) in [5.41, 5.74) is 4.87. The third kappa shape index (κ3) is 2.63. The molecule has 132 valence electrons. The van der Waals surface area contributed by atoms with Crippen LogP contribution in [0, 0.1) is 0 Å². The Hall–Kier alpha value is -3.65. The summed E-state index contributed by atoms with van der Waals surface area (Å²) in [5, 5.41) is 19.7. The number of pyridine rings is 2. The highest BCUT2D eigenvalue weighted by Crippen LogP contribution is 2.24. The standard InChI is InChI=1S/C19H15N7O/c1-25-11-12(9-22-25)13-6-7-18-21-10-17(26(18)24-13)19(27)16-5-4-14-15(23-16)3-2-8-20-14/h2-11,19,27H,1H3. The molecule has 8 nitrogen and oxygen atoms in total. The molecule has 5 heterocycles. The number of rotatable bonds is 3. The Morgan fingerprint density at radius 3 is 2.78 bits per heavy atom. The Morgan fingerprint density at radius 1 is 1.00 bits per heavy atom. The highest BCUT2D eigenvalue weighted by atomic mass is 16.3. The Balaban J connectivity index is 1.60. The predicted molar refractivity (Wildman–Crippen MR) is 98.8 cm³/mol. The van der Waals surface area contributed by atoms with E-state index in [1.807, 2.05) is 43.6 Å². The molecule has 0 saturated heterocycles. The lowest BCUT2D eigenvalue weighted by Gasteiger charge is -2.10. The molecule has 5 aromatic rings. The van der Waals surface area contributed by atoms with Crippen molar-refractivity contribution in [3.63, 3.8) is 0 Å². The normalized spacial score (nSPS) is 12.7. The number of nitrogens with zero attached hydrogens (tertiary/aromatic N) is 7. The summed E-state index contributed by atoms with van der Waals surface area (Å²) in [6.07, 6.45) is 6.02. The van der Waals surface area contributed by atoms with Crippen LogP contribution in [0.1, 0.15) is 17.5 Å². The fraction of sp³-hybridized carbons (Fsp3) is 0.105. The minimum absolute atomic E-state index is 0.519. The Labute approximate surface area is 153 Å². The summed E-state index contributed by atoms with van der Waals surface area (Å²) in [6, 6.07) is 11.1. The summed E-state index contributed by atoms with van der Waals surface area (Å²) < 4.78 is 3.36.